The lowest BCUT2D eigenvalue weighted by atomic mass is 9.69. The maximum absolute atomic E-state index is 11.7. The van der Waals surface area contributed by atoms with E-state index in [0.29, 0.717) is 12.8 Å². The standard InChI is InChI=1S/C11H16N2O2/c12-8-11(6-3-7-11)10(14)13-15-9-4-1-2-5-9/h9H,1-7H2,(H,13,14). The second-order valence-corrected chi connectivity index (χ2v) is 4.50. The van der Waals surface area contributed by atoms with Gasteiger partial charge < -0.3 is 0 Å². The van der Waals surface area contributed by atoms with E-state index in [1.807, 2.05) is 0 Å². The predicted octanol–water partition coefficient (Wildman–Crippen LogP) is 1.67. The Labute approximate surface area is 89.5 Å². The van der Waals surface area contributed by atoms with E-state index in [1.165, 1.54) is 12.8 Å². The van der Waals surface area contributed by atoms with Crippen molar-refractivity contribution in [2.24, 2.45) is 5.41 Å². The van der Waals surface area contributed by atoms with Crippen molar-refractivity contribution in [1.29, 1.82) is 5.26 Å². The first kappa shape index (κ1) is 10.4. The Hall–Kier alpha value is -1.08. The van der Waals surface area contributed by atoms with Crippen LogP contribution in [-0.2, 0) is 9.63 Å². The quantitative estimate of drug-likeness (QED) is 0.717. The lowest BCUT2D eigenvalue weighted by molar-refractivity contribution is -0.149. The van der Waals surface area contributed by atoms with Crippen LogP contribution in [0.3, 0.4) is 0 Å². The molecule has 0 aromatic heterocycles. The molecular formula is C11H16N2O2. The summed E-state index contributed by atoms with van der Waals surface area (Å²) in [6.45, 7) is 0. The fraction of sp³-hybridized carbons (Fsp3) is 0.818. The number of nitrogens with zero attached hydrogens (tertiary/aromatic N) is 1. The van der Waals surface area contributed by atoms with Crippen LogP contribution in [0.1, 0.15) is 44.9 Å². The molecular weight excluding hydrogens is 192 g/mol. The van der Waals surface area contributed by atoms with Crippen molar-refractivity contribution in [1.82, 2.24) is 5.48 Å². The summed E-state index contributed by atoms with van der Waals surface area (Å²) >= 11 is 0. The predicted molar refractivity (Wildman–Crippen MR) is 53.4 cm³/mol. The van der Waals surface area contributed by atoms with Gasteiger partial charge in [0, 0.05) is 0 Å². The summed E-state index contributed by atoms with van der Waals surface area (Å²) in [5.41, 5.74) is 1.66. The van der Waals surface area contributed by atoms with Crippen LogP contribution < -0.4 is 5.48 Å². The topological polar surface area (TPSA) is 62.1 Å². The number of hydroxylamine groups is 1. The number of amides is 1. The molecule has 82 valence electrons. The molecule has 0 unspecified atom stereocenters. The molecule has 2 rings (SSSR count). The minimum Gasteiger partial charge on any atom is -0.271 e. The third-order valence-corrected chi connectivity index (χ3v) is 3.48. The fourth-order valence-electron chi connectivity index (χ4n) is 2.16. The number of nitrogens with one attached hydrogen (secondary N) is 1. The van der Waals surface area contributed by atoms with Gasteiger partial charge in [-0.1, -0.05) is 12.8 Å². The van der Waals surface area contributed by atoms with Gasteiger partial charge in [0.25, 0.3) is 5.91 Å². The molecule has 0 aromatic rings. The maximum atomic E-state index is 11.7. The first-order valence-electron chi connectivity index (χ1n) is 5.64. The van der Waals surface area contributed by atoms with Gasteiger partial charge in [-0.05, 0) is 32.1 Å². The third-order valence-electron chi connectivity index (χ3n) is 3.48. The van der Waals surface area contributed by atoms with Gasteiger partial charge in [0.15, 0.2) is 0 Å². The summed E-state index contributed by atoms with van der Waals surface area (Å²) < 4.78 is 0. The minimum atomic E-state index is -0.793. The highest BCUT2D eigenvalue weighted by Gasteiger charge is 2.45. The average Bonchev–Trinajstić information content (AvgIpc) is 2.66. The van der Waals surface area contributed by atoms with E-state index in [-0.39, 0.29) is 12.0 Å². The number of hydrogen-bond donors (Lipinski definition) is 1. The average molecular weight is 208 g/mol. The molecule has 0 spiro atoms. The molecule has 0 aromatic carbocycles. The molecule has 1 amide bonds. The first-order valence-corrected chi connectivity index (χ1v) is 5.64. The van der Waals surface area contributed by atoms with Crippen molar-refractivity contribution in [3.05, 3.63) is 0 Å². The number of rotatable bonds is 3. The first-order chi connectivity index (χ1) is 7.27. The number of nitriles is 1. The van der Waals surface area contributed by atoms with E-state index >= 15 is 0 Å². The van der Waals surface area contributed by atoms with E-state index < -0.39 is 5.41 Å². The Morgan fingerprint density at radius 2 is 2.00 bits per heavy atom. The summed E-state index contributed by atoms with van der Waals surface area (Å²) in [6.07, 6.45) is 6.83. The second-order valence-electron chi connectivity index (χ2n) is 4.50. The largest absolute Gasteiger partial charge is 0.271 e. The summed E-state index contributed by atoms with van der Waals surface area (Å²) in [6, 6.07) is 2.10. The lowest BCUT2D eigenvalue weighted by Gasteiger charge is -2.33. The van der Waals surface area contributed by atoms with Crippen LogP contribution in [0, 0.1) is 16.7 Å². The molecule has 15 heavy (non-hydrogen) atoms. The van der Waals surface area contributed by atoms with Crippen molar-refractivity contribution in [3.63, 3.8) is 0 Å². The van der Waals surface area contributed by atoms with Crippen LogP contribution >= 0.6 is 0 Å². The van der Waals surface area contributed by atoms with E-state index in [0.717, 1.165) is 19.3 Å². The van der Waals surface area contributed by atoms with E-state index in [4.69, 9.17) is 10.1 Å². The minimum absolute atomic E-state index is 0.157. The van der Waals surface area contributed by atoms with Crippen LogP contribution in [0.25, 0.3) is 0 Å². The van der Waals surface area contributed by atoms with Crippen molar-refractivity contribution in [2.75, 3.05) is 0 Å². The molecule has 0 bridgehead atoms. The molecule has 4 heteroatoms. The van der Waals surface area contributed by atoms with Gasteiger partial charge in [-0.3, -0.25) is 9.63 Å². The van der Waals surface area contributed by atoms with Crippen molar-refractivity contribution >= 4 is 5.91 Å². The van der Waals surface area contributed by atoms with Gasteiger partial charge in [-0.2, -0.15) is 5.26 Å². The van der Waals surface area contributed by atoms with Crippen molar-refractivity contribution < 1.29 is 9.63 Å². The van der Waals surface area contributed by atoms with E-state index in [2.05, 4.69) is 11.5 Å². The van der Waals surface area contributed by atoms with E-state index in [9.17, 15) is 4.79 Å². The van der Waals surface area contributed by atoms with Crippen LogP contribution in [0.15, 0.2) is 0 Å². The van der Waals surface area contributed by atoms with Crippen LogP contribution in [-0.4, -0.2) is 12.0 Å². The summed E-state index contributed by atoms with van der Waals surface area (Å²) in [7, 11) is 0. The van der Waals surface area contributed by atoms with Crippen LogP contribution in [0.5, 0.6) is 0 Å². The smallest absolute Gasteiger partial charge is 0.263 e. The van der Waals surface area contributed by atoms with Gasteiger partial charge in [-0.15, -0.1) is 0 Å². The molecule has 4 nitrogen and oxygen atoms in total. The summed E-state index contributed by atoms with van der Waals surface area (Å²) in [5.74, 6) is -0.247. The fourth-order valence-corrected chi connectivity index (χ4v) is 2.16. The SMILES string of the molecule is N#CC1(C(=O)NOC2CCCC2)CCC1. The van der Waals surface area contributed by atoms with Crippen molar-refractivity contribution in [2.45, 2.75) is 51.0 Å². The Balaban J connectivity index is 1.79. The number of hydrogen-bond acceptors (Lipinski definition) is 3. The van der Waals surface area contributed by atoms with Gasteiger partial charge in [0.05, 0.1) is 12.2 Å². The zero-order chi connectivity index (χ0) is 10.7. The molecule has 2 saturated carbocycles. The number of carbonyl (C=O) groups is 1. The molecule has 2 fully saturated rings. The monoisotopic (exact) mass is 208 g/mol. The normalized spacial score (nSPS) is 24.2. The highest BCUT2D eigenvalue weighted by atomic mass is 16.7. The molecule has 0 radical (unpaired) electrons. The summed E-state index contributed by atoms with van der Waals surface area (Å²) in [5, 5.41) is 8.93. The van der Waals surface area contributed by atoms with Gasteiger partial charge in [0.1, 0.15) is 5.41 Å². The van der Waals surface area contributed by atoms with Crippen LogP contribution in [0.2, 0.25) is 0 Å². The second kappa shape index (κ2) is 4.19. The highest BCUT2D eigenvalue weighted by molar-refractivity contribution is 5.85. The molecule has 2 aliphatic rings. The van der Waals surface area contributed by atoms with Crippen LogP contribution in [0.4, 0.5) is 0 Å². The maximum Gasteiger partial charge on any atom is 0.263 e. The van der Waals surface area contributed by atoms with E-state index in [1.54, 1.807) is 0 Å². The molecule has 0 heterocycles. The number of carbonyl (C=O) groups excluding carboxylic acids is 1. The van der Waals surface area contributed by atoms with Gasteiger partial charge >= 0.3 is 0 Å². The van der Waals surface area contributed by atoms with Gasteiger partial charge in [0.2, 0.25) is 0 Å². The van der Waals surface area contributed by atoms with Crippen molar-refractivity contribution in [3.8, 4) is 6.07 Å². The zero-order valence-electron chi connectivity index (χ0n) is 8.79. The third kappa shape index (κ3) is 1.98. The Kier molecular flexibility index (Phi) is 2.92. The highest BCUT2D eigenvalue weighted by Crippen LogP contribution is 2.40. The molecule has 0 saturated heterocycles. The molecule has 0 atom stereocenters. The summed E-state index contributed by atoms with van der Waals surface area (Å²) in [4.78, 5) is 17.0. The lowest BCUT2D eigenvalue weighted by Crippen LogP contribution is -2.45. The van der Waals surface area contributed by atoms with Gasteiger partial charge in [-0.25, -0.2) is 5.48 Å². The molecule has 2 aliphatic carbocycles. The molecule has 0 aliphatic heterocycles. The zero-order valence-corrected chi connectivity index (χ0v) is 8.79. The Bertz CT molecular complexity index is 285. The Morgan fingerprint density at radius 1 is 1.33 bits per heavy atom. The molecule has 1 N–H and O–H groups in total. The Morgan fingerprint density at radius 3 is 2.47 bits per heavy atom.